The summed E-state index contributed by atoms with van der Waals surface area (Å²) in [6.45, 7) is 11.7. The fourth-order valence-electron chi connectivity index (χ4n) is 13.7. The minimum Gasteiger partial charge on any atom is -0.376 e. The molecular weight excluding hydrogens is 888 g/mol. The molecule has 4 heterocycles. The van der Waals surface area contributed by atoms with Gasteiger partial charge in [0, 0.05) is 49.1 Å². The average Bonchev–Trinajstić information content (AvgIpc) is 3.91. The minimum absolute atomic E-state index is 0.0501. The number of thiophene rings is 1. The highest BCUT2D eigenvalue weighted by Crippen LogP contribution is 2.62. The third-order valence-electron chi connectivity index (χ3n) is 16.9. The predicted octanol–water partition coefficient (Wildman–Crippen LogP) is 16.7. The molecular formula is C68H51BN2S. The van der Waals surface area contributed by atoms with Gasteiger partial charge < -0.3 is 9.71 Å². The zero-order chi connectivity index (χ0) is 48.3. The third kappa shape index (κ3) is 5.40. The first-order valence-corrected chi connectivity index (χ1v) is 26.4. The lowest BCUT2D eigenvalue weighted by atomic mass is 9.41. The van der Waals surface area contributed by atoms with Crippen LogP contribution in [0.15, 0.2) is 218 Å². The normalized spacial score (nSPS) is 15.2. The van der Waals surface area contributed by atoms with E-state index in [0.717, 1.165) is 0 Å². The number of rotatable bonds is 4. The number of para-hydroxylation sites is 2. The Bertz CT molecular complexity index is 4030. The third-order valence-corrected chi connectivity index (χ3v) is 18.1. The highest BCUT2D eigenvalue weighted by atomic mass is 32.1. The molecule has 0 atom stereocenters. The average molecular weight is 939 g/mol. The monoisotopic (exact) mass is 938 g/mol. The van der Waals surface area contributed by atoms with E-state index >= 15 is 0 Å². The summed E-state index contributed by atoms with van der Waals surface area (Å²) in [4.78, 5) is 5.52. The van der Waals surface area contributed by atoms with Crippen LogP contribution in [0.3, 0.4) is 0 Å². The molecule has 1 aliphatic carbocycles. The molecule has 0 saturated carbocycles. The van der Waals surface area contributed by atoms with E-state index in [1.165, 1.54) is 132 Å². The van der Waals surface area contributed by atoms with Crippen molar-refractivity contribution in [2.75, 3.05) is 9.71 Å². The molecule has 3 aliphatic heterocycles. The molecule has 15 rings (SSSR count). The van der Waals surface area contributed by atoms with Crippen LogP contribution in [0.4, 0.5) is 28.4 Å². The van der Waals surface area contributed by atoms with E-state index in [1.807, 2.05) is 11.3 Å². The van der Waals surface area contributed by atoms with Crippen molar-refractivity contribution in [2.45, 2.75) is 50.9 Å². The first-order chi connectivity index (χ1) is 35.2. The number of fused-ring (bicyclic) bond motifs is 14. The predicted molar refractivity (Wildman–Crippen MR) is 307 cm³/mol. The summed E-state index contributed by atoms with van der Waals surface area (Å²) < 4.78 is 2.62. The second kappa shape index (κ2) is 14.8. The van der Waals surface area contributed by atoms with Gasteiger partial charge in [-0.15, -0.1) is 11.3 Å². The molecule has 1 aromatic heterocycles. The van der Waals surface area contributed by atoms with Crippen LogP contribution in [0.25, 0.3) is 53.6 Å². The maximum Gasteiger partial charge on any atom is 0.333 e. The van der Waals surface area contributed by atoms with Crippen LogP contribution >= 0.6 is 11.3 Å². The maximum absolute atomic E-state index is 2.81. The van der Waals surface area contributed by atoms with E-state index in [2.05, 4.69) is 263 Å². The van der Waals surface area contributed by atoms with Crippen molar-refractivity contribution in [3.05, 3.63) is 257 Å². The van der Waals surface area contributed by atoms with Gasteiger partial charge in [0.25, 0.3) is 0 Å². The molecule has 0 saturated heterocycles. The van der Waals surface area contributed by atoms with Crippen molar-refractivity contribution >= 4 is 77.7 Å². The summed E-state index contributed by atoms with van der Waals surface area (Å²) in [6, 6.07) is 83.5. The van der Waals surface area contributed by atoms with Crippen LogP contribution in [0.1, 0.15) is 73.6 Å². The maximum atomic E-state index is 2.81. The molecule has 0 bridgehead atoms. The zero-order valence-corrected chi connectivity index (χ0v) is 42.0. The van der Waals surface area contributed by atoms with Crippen molar-refractivity contribution in [3.8, 4) is 33.4 Å². The SMILES string of the molecule is CC(C)(C)c1ccc(N2c3ccc4c(c3B3c5c(cc6c(sc7ccccc76)c52)-c2cccc5c2N3c2ccccc2C5(c2ccccc2)c2ccccc2)-c2ccccc2C4(C)C)c(-c2ccccc2)c1. The summed E-state index contributed by atoms with van der Waals surface area (Å²) in [7, 11) is 0. The Balaban J connectivity index is 1.17. The second-order valence-corrected chi connectivity index (χ2v) is 23.0. The molecule has 4 aliphatic rings. The molecule has 342 valence electrons. The molecule has 0 spiro atoms. The smallest absolute Gasteiger partial charge is 0.333 e. The van der Waals surface area contributed by atoms with Gasteiger partial charge in [0.2, 0.25) is 0 Å². The Hall–Kier alpha value is -7.92. The number of anilines is 5. The molecule has 0 N–H and O–H groups in total. The van der Waals surface area contributed by atoms with Crippen molar-refractivity contribution in [1.82, 2.24) is 0 Å². The van der Waals surface area contributed by atoms with Gasteiger partial charge in [0.1, 0.15) is 0 Å². The number of benzene rings is 10. The molecule has 72 heavy (non-hydrogen) atoms. The van der Waals surface area contributed by atoms with Crippen LogP contribution in [-0.2, 0) is 16.2 Å². The lowest BCUT2D eigenvalue weighted by molar-refractivity contribution is 0.590. The quantitative estimate of drug-likeness (QED) is 0.162. The fraction of sp³-hybridized carbons (Fsp3) is 0.118. The lowest BCUT2D eigenvalue weighted by Gasteiger charge is -2.53. The van der Waals surface area contributed by atoms with E-state index in [4.69, 9.17) is 0 Å². The number of nitrogens with zero attached hydrogens (tertiary/aromatic N) is 2. The van der Waals surface area contributed by atoms with Gasteiger partial charge in [0.15, 0.2) is 0 Å². The van der Waals surface area contributed by atoms with E-state index in [0.29, 0.717) is 0 Å². The van der Waals surface area contributed by atoms with Gasteiger partial charge in [-0.25, -0.2) is 0 Å². The Morgan fingerprint density at radius 1 is 0.444 bits per heavy atom. The Labute approximate surface area is 426 Å². The number of hydrogen-bond donors (Lipinski definition) is 0. The molecule has 0 unspecified atom stereocenters. The first kappa shape index (κ1) is 41.8. The molecule has 0 fully saturated rings. The van der Waals surface area contributed by atoms with E-state index in [-0.39, 0.29) is 17.7 Å². The summed E-state index contributed by atoms with van der Waals surface area (Å²) >= 11 is 1.94. The Morgan fingerprint density at radius 3 is 1.82 bits per heavy atom. The molecule has 11 aromatic rings. The lowest BCUT2D eigenvalue weighted by Crippen LogP contribution is -2.63. The second-order valence-electron chi connectivity index (χ2n) is 21.9. The van der Waals surface area contributed by atoms with Gasteiger partial charge in [-0.05, 0) is 114 Å². The highest BCUT2D eigenvalue weighted by Gasteiger charge is 2.55. The summed E-state index contributed by atoms with van der Waals surface area (Å²) in [5, 5.41) is 2.60. The molecule has 2 nitrogen and oxygen atoms in total. The standard InChI is InChI=1S/C68H51BN2S/c1-66(2,3)45-36-38-56(49(40-45)42-22-9-6-10-23-42)70-58-39-37-54-60(48-29-15-17-31-52(48)67(54,4)5)62(58)69-61-50(41-51-46-28-16-20-35-59(46)72-65(51)64(61)70)47-30-21-33-55-63(47)71(69)57-34-19-18-32-53(57)68(55,43-24-11-7-12-25-43)44-26-13-8-14-27-44/h6-41H,1-5H3. The van der Waals surface area contributed by atoms with Crippen LogP contribution in [0, 0.1) is 0 Å². The zero-order valence-electron chi connectivity index (χ0n) is 41.2. The van der Waals surface area contributed by atoms with Gasteiger partial charge >= 0.3 is 6.85 Å². The fourth-order valence-corrected chi connectivity index (χ4v) is 14.9. The van der Waals surface area contributed by atoms with Crippen molar-refractivity contribution in [2.24, 2.45) is 0 Å². The van der Waals surface area contributed by atoms with Crippen LogP contribution in [0.2, 0.25) is 0 Å². The van der Waals surface area contributed by atoms with Crippen LogP contribution in [-0.4, -0.2) is 6.85 Å². The van der Waals surface area contributed by atoms with Gasteiger partial charge in [-0.1, -0.05) is 217 Å². The molecule has 0 radical (unpaired) electrons. The van der Waals surface area contributed by atoms with Gasteiger partial charge in [0.05, 0.1) is 21.5 Å². The molecule has 0 amide bonds. The number of hydrogen-bond acceptors (Lipinski definition) is 3. The van der Waals surface area contributed by atoms with E-state index < -0.39 is 5.41 Å². The van der Waals surface area contributed by atoms with Gasteiger partial charge in [-0.3, -0.25) is 0 Å². The van der Waals surface area contributed by atoms with Crippen molar-refractivity contribution in [1.29, 1.82) is 0 Å². The first-order valence-electron chi connectivity index (χ1n) is 25.5. The Morgan fingerprint density at radius 2 is 1.07 bits per heavy atom. The molecule has 10 aromatic carbocycles. The van der Waals surface area contributed by atoms with Gasteiger partial charge in [-0.2, -0.15) is 0 Å². The highest BCUT2D eigenvalue weighted by molar-refractivity contribution is 7.26. The van der Waals surface area contributed by atoms with E-state index in [9.17, 15) is 0 Å². The van der Waals surface area contributed by atoms with Crippen molar-refractivity contribution < 1.29 is 0 Å². The minimum atomic E-state index is -0.601. The van der Waals surface area contributed by atoms with Crippen LogP contribution in [0.5, 0.6) is 0 Å². The summed E-state index contributed by atoms with van der Waals surface area (Å²) in [5.74, 6) is 0. The topological polar surface area (TPSA) is 6.48 Å². The molecule has 4 heteroatoms. The van der Waals surface area contributed by atoms with Crippen LogP contribution < -0.4 is 20.6 Å². The summed E-state index contributed by atoms with van der Waals surface area (Å²) in [6.07, 6.45) is 0. The largest absolute Gasteiger partial charge is 0.376 e. The Kier molecular flexibility index (Phi) is 8.61. The van der Waals surface area contributed by atoms with E-state index in [1.54, 1.807) is 0 Å². The summed E-state index contributed by atoms with van der Waals surface area (Å²) in [5.41, 5.74) is 25.0. The van der Waals surface area contributed by atoms with Crippen molar-refractivity contribution in [3.63, 3.8) is 0 Å².